The molecule has 0 N–H and O–H groups in total. The Morgan fingerprint density at radius 3 is 2.44 bits per heavy atom. The van der Waals surface area contributed by atoms with Crippen molar-refractivity contribution in [2.75, 3.05) is 6.54 Å². The fraction of sp³-hybridized carbons (Fsp3) is 0.321. The normalized spacial score (nSPS) is 12.3. The summed E-state index contributed by atoms with van der Waals surface area (Å²) in [5.74, 6) is 1.05. The van der Waals surface area contributed by atoms with Gasteiger partial charge in [0.05, 0.1) is 28.9 Å². The Labute approximate surface area is 199 Å². The van der Waals surface area contributed by atoms with Crippen LogP contribution in [0.1, 0.15) is 61.6 Å². The first kappa shape index (κ1) is 23.5. The van der Waals surface area contributed by atoms with Crippen molar-refractivity contribution >= 4 is 16.8 Å². The smallest absolute Gasteiger partial charge is 0.290 e. The summed E-state index contributed by atoms with van der Waals surface area (Å²) in [6, 6.07) is 18.2. The van der Waals surface area contributed by atoms with Crippen LogP contribution >= 0.6 is 0 Å². The van der Waals surface area contributed by atoms with Crippen molar-refractivity contribution in [3.8, 4) is 5.69 Å². The van der Waals surface area contributed by atoms with Crippen LogP contribution in [0.5, 0.6) is 0 Å². The van der Waals surface area contributed by atoms with Gasteiger partial charge in [0, 0.05) is 6.54 Å². The maximum Gasteiger partial charge on any atom is 0.290 e. The summed E-state index contributed by atoms with van der Waals surface area (Å²) in [5.41, 5.74) is 2.32. The molecule has 0 bridgehead atoms. The van der Waals surface area contributed by atoms with Gasteiger partial charge in [-0.15, -0.1) is 0 Å². The van der Waals surface area contributed by atoms with Gasteiger partial charge in [-0.1, -0.05) is 50.6 Å². The van der Waals surface area contributed by atoms with Gasteiger partial charge < -0.3 is 9.32 Å². The zero-order chi connectivity index (χ0) is 24.2. The molecule has 4 aromatic rings. The Balaban J connectivity index is 1.93. The SMILES string of the molecule is CCC(c1nc2ccccc2c(=O)n1-c1ccc(C)cc1)N(CCC(C)C)C(=O)c1ccco1. The van der Waals surface area contributed by atoms with Crippen LogP contribution in [0.15, 0.2) is 76.1 Å². The second-order valence-corrected chi connectivity index (χ2v) is 9.05. The minimum Gasteiger partial charge on any atom is -0.459 e. The maximum absolute atomic E-state index is 13.7. The van der Waals surface area contributed by atoms with E-state index in [4.69, 9.17) is 9.40 Å². The third-order valence-corrected chi connectivity index (χ3v) is 6.09. The molecule has 0 spiro atoms. The highest BCUT2D eigenvalue weighted by Crippen LogP contribution is 2.28. The molecule has 1 unspecified atom stereocenters. The summed E-state index contributed by atoms with van der Waals surface area (Å²) in [7, 11) is 0. The molecule has 2 aromatic heterocycles. The van der Waals surface area contributed by atoms with Crippen molar-refractivity contribution in [2.45, 2.75) is 46.6 Å². The highest BCUT2D eigenvalue weighted by Gasteiger charge is 2.30. The molecule has 6 heteroatoms. The zero-order valence-corrected chi connectivity index (χ0v) is 20.2. The Kier molecular flexibility index (Phi) is 6.96. The number of aromatic nitrogens is 2. The lowest BCUT2D eigenvalue weighted by Crippen LogP contribution is -2.39. The van der Waals surface area contributed by atoms with E-state index < -0.39 is 6.04 Å². The second-order valence-electron chi connectivity index (χ2n) is 9.05. The van der Waals surface area contributed by atoms with E-state index in [1.165, 1.54) is 6.26 Å². The summed E-state index contributed by atoms with van der Waals surface area (Å²) in [6.45, 7) is 8.83. The van der Waals surface area contributed by atoms with Crippen molar-refractivity contribution in [2.24, 2.45) is 5.92 Å². The first-order valence-corrected chi connectivity index (χ1v) is 11.8. The van der Waals surface area contributed by atoms with E-state index in [2.05, 4.69) is 13.8 Å². The van der Waals surface area contributed by atoms with Crippen molar-refractivity contribution in [1.29, 1.82) is 0 Å². The lowest BCUT2D eigenvalue weighted by molar-refractivity contribution is 0.0616. The van der Waals surface area contributed by atoms with Crippen molar-refractivity contribution in [3.05, 3.63) is 94.4 Å². The molecule has 34 heavy (non-hydrogen) atoms. The van der Waals surface area contributed by atoms with Gasteiger partial charge in [0.15, 0.2) is 5.76 Å². The van der Waals surface area contributed by atoms with E-state index in [0.29, 0.717) is 35.6 Å². The van der Waals surface area contributed by atoms with Gasteiger partial charge in [-0.25, -0.2) is 4.98 Å². The number of carbonyl (C=O) groups excluding carboxylic acids is 1. The Hall–Kier alpha value is -3.67. The number of hydrogen-bond acceptors (Lipinski definition) is 4. The lowest BCUT2D eigenvalue weighted by Gasteiger charge is -2.32. The van der Waals surface area contributed by atoms with Crippen LogP contribution in [0.2, 0.25) is 0 Å². The van der Waals surface area contributed by atoms with Crippen LogP contribution in [-0.4, -0.2) is 26.9 Å². The molecule has 4 rings (SSSR count). The van der Waals surface area contributed by atoms with Crippen LogP contribution < -0.4 is 5.56 Å². The molecule has 0 saturated heterocycles. The highest BCUT2D eigenvalue weighted by atomic mass is 16.3. The fourth-order valence-electron chi connectivity index (χ4n) is 4.20. The summed E-state index contributed by atoms with van der Waals surface area (Å²) < 4.78 is 7.12. The molecule has 1 atom stereocenters. The molecular formula is C28H31N3O3. The van der Waals surface area contributed by atoms with Gasteiger partial charge >= 0.3 is 0 Å². The number of hydrogen-bond donors (Lipinski definition) is 0. The number of para-hydroxylation sites is 1. The van der Waals surface area contributed by atoms with Crippen LogP contribution in [0.3, 0.4) is 0 Å². The fourth-order valence-corrected chi connectivity index (χ4v) is 4.20. The molecule has 6 nitrogen and oxygen atoms in total. The molecule has 0 aliphatic heterocycles. The van der Waals surface area contributed by atoms with Crippen molar-refractivity contribution < 1.29 is 9.21 Å². The number of nitrogens with zero attached hydrogens (tertiary/aromatic N) is 3. The van der Waals surface area contributed by atoms with Gasteiger partial charge in [0.1, 0.15) is 5.82 Å². The molecule has 2 heterocycles. The third kappa shape index (κ3) is 4.67. The standard InChI is InChI=1S/C28H31N3O3/c1-5-24(30(17-16-19(2)3)28(33)25-11-8-18-34-25)26-29-23-10-7-6-9-22(23)27(32)31(26)21-14-12-20(4)13-15-21/h6-15,18-19,24H,5,16-17H2,1-4H3. The van der Waals surface area contributed by atoms with Crippen molar-refractivity contribution in [3.63, 3.8) is 0 Å². The van der Waals surface area contributed by atoms with E-state index >= 15 is 0 Å². The molecule has 176 valence electrons. The minimum absolute atomic E-state index is 0.142. The van der Waals surface area contributed by atoms with E-state index in [9.17, 15) is 9.59 Å². The average molecular weight is 458 g/mol. The zero-order valence-electron chi connectivity index (χ0n) is 20.2. The lowest BCUT2D eigenvalue weighted by atomic mass is 10.1. The quantitative estimate of drug-likeness (QED) is 0.329. The predicted molar refractivity (Wildman–Crippen MR) is 134 cm³/mol. The number of amides is 1. The van der Waals surface area contributed by atoms with E-state index in [1.54, 1.807) is 27.7 Å². The monoisotopic (exact) mass is 457 g/mol. The predicted octanol–water partition coefficient (Wildman–Crippen LogP) is 5.93. The first-order valence-electron chi connectivity index (χ1n) is 11.8. The van der Waals surface area contributed by atoms with Gasteiger partial charge in [0.2, 0.25) is 0 Å². The number of furan rings is 1. The first-order chi connectivity index (χ1) is 16.4. The Morgan fingerprint density at radius 1 is 1.06 bits per heavy atom. The van der Waals surface area contributed by atoms with Gasteiger partial charge in [-0.2, -0.15) is 0 Å². The number of fused-ring (bicyclic) bond motifs is 1. The van der Waals surface area contributed by atoms with E-state index in [-0.39, 0.29) is 17.2 Å². The molecule has 0 aliphatic carbocycles. The number of benzene rings is 2. The number of rotatable bonds is 8. The molecule has 0 fully saturated rings. The molecule has 0 saturated carbocycles. The third-order valence-electron chi connectivity index (χ3n) is 6.09. The van der Waals surface area contributed by atoms with Crippen LogP contribution in [-0.2, 0) is 0 Å². The number of carbonyl (C=O) groups is 1. The van der Waals surface area contributed by atoms with E-state index in [1.807, 2.05) is 56.3 Å². The Morgan fingerprint density at radius 2 is 1.79 bits per heavy atom. The van der Waals surface area contributed by atoms with Gasteiger partial charge in [-0.05, 0) is 62.1 Å². The van der Waals surface area contributed by atoms with Crippen LogP contribution in [0, 0.1) is 12.8 Å². The van der Waals surface area contributed by atoms with Gasteiger partial charge in [-0.3, -0.25) is 14.2 Å². The number of aryl methyl sites for hydroxylation is 1. The highest BCUT2D eigenvalue weighted by molar-refractivity contribution is 5.91. The second kappa shape index (κ2) is 10.1. The topological polar surface area (TPSA) is 68.3 Å². The maximum atomic E-state index is 13.7. The van der Waals surface area contributed by atoms with Crippen LogP contribution in [0.25, 0.3) is 16.6 Å². The minimum atomic E-state index is -0.407. The molecule has 0 aliphatic rings. The summed E-state index contributed by atoms with van der Waals surface area (Å²) in [5, 5.41) is 0.549. The largest absolute Gasteiger partial charge is 0.459 e. The summed E-state index contributed by atoms with van der Waals surface area (Å²) >= 11 is 0. The Bertz CT molecular complexity index is 1320. The molecule has 0 radical (unpaired) electrons. The van der Waals surface area contributed by atoms with Crippen molar-refractivity contribution in [1.82, 2.24) is 14.5 Å². The molecular weight excluding hydrogens is 426 g/mol. The summed E-state index contributed by atoms with van der Waals surface area (Å²) in [6.07, 6.45) is 2.93. The summed E-state index contributed by atoms with van der Waals surface area (Å²) in [4.78, 5) is 34.1. The van der Waals surface area contributed by atoms with Crippen LogP contribution in [0.4, 0.5) is 0 Å². The van der Waals surface area contributed by atoms with E-state index in [0.717, 1.165) is 17.7 Å². The average Bonchev–Trinajstić information content (AvgIpc) is 3.37. The molecule has 2 aromatic carbocycles. The molecule has 1 amide bonds. The van der Waals surface area contributed by atoms with Gasteiger partial charge in [0.25, 0.3) is 11.5 Å².